The van der Waals surface area contributed by atoms with Gasteiger partial charge in [0.2, 0.25) is 0 Å². The van der Waals surface area contributed by atoms with Crippen molar-refractivity contribution in [3.05, 3.63) is 0 Å². The zero-order valence-electron chi connectivity index (χ0n) is 9.34. The summed E-state index contributed by atoms with van der Waals surface area (Å²) < 4.78 is 5.13. The minimum atomic E-state index is 0.0251. The Balaban J connectivity index is 1.74. The Labute approximate surface area is 97.3 Å². The van der Waals surface area contributed by atoms with Crippen LogP contribution in [0.5, 0.6) is 0 Å². The molecule has 0 N–H and O–H groups in total. The quantitative estimate of drug-likeness (QED) is 0.345. The summed E-state index contributed by atoms with van der Waals surface area (Å²) in [6.45, 7) is 0.616. The van der Waals surface area contributed by atoms with Crippen molar-refractivity contribution in [1.29, 1.82) is 0 Å². The Hall–Kier alpha value is -0.240. The van der Waals surface area contributed by atoms with E-state index in [2.05, 4.69) is 0 Å². The highest BCUT2D eigenvalue weighted by Gasteiger charge is 2.30. The molecule has 2 nitrogen and oxygen atoms in total. The third-order valence-corrected chi connectivity index (χ3v) is 2.95. The third kappa shape index (κ3) is 6.77. The van der Waals surface area contributed by atoms with Gasteiger partial charge < -0.3 is 4.74 Å². The molecule has 0 amide bonds. The molecule has 1 aliphatic carbocycles. The third-order valence-electron chi connectivity index (χ3n) is 2.68. The molecule has 0 bridgehead atoms. The first kappa shape index (κ1) is 12.8. The maximum atomic E-state index is 11.1. The molecule has 15 heavy (non-hydrogen) atoms. The SMILES string of the molecule is O=C(OCCCCCCCCCl)C1CC1. The molecule has 0 radical (unpaired) electrons. The van der Waals surface area contributed by atoms with E-state index in [1.807, 2.05) is 0 Å². The molecule has 0 aliphatic heterocycles. The lowest BCUT2D eigenvalue weighted by molar-refractivity contribution is -0.145. The molecular weight excluding hydrogens is 212 g/mol. The van der Waals surface area contributed by atoms with Gasteiger partial charge in [0.1, 0.15) is 0 Å². The number of carbonyl (C=O) groups excluding carboxylic acids is 1. The van der Waals surface area contributed by atoms with Crippen molar-refractivity contribution in [2.75, 3.05) is 12.5 Å². The molecule has 1 saturated carbocycles. The van der Waals surface area contributed by atoms with Crippen LogP contribution in [0.4, 0.5) is 0 Å². The summed E-state index contributed by atoms with van der Waals surface area (Å²) >= 11 is 5.58. The van der Waals surface area contributed by atoms with Crippen LogP contribution in [-0.2, 0) is 9.53 Å². The van der Waals surface area contributed by atoms with E-state index in [-0.39, 0.29) is 11.9 Å². The summed E-state index contributed by atoms with van der Waals surface area (Å²) in [5.74, 6) is 1.05. The van der Waals surface area contributed by atoms with Gasteiger partial charge in [0.15, 0.2) is 0 Å². The van der Waals surface area contributed by atoms with Gasteiger partial charge in [-0.1, -0.05) is 25.7 Å². The van der Waals surface area contributed by atoms with Crippen molar-refractivity contribution < 1.29 is 9.53 Å². The average molecular weight is 233 g/mol. The summed E-state index contributed by atoms with van der Waals surface area (Å²) in [4.78, 5) is 11.1. The van der Waals surface area contributed by atoms with Crippen LogP contribution in [0.15, 0.2) is 0 Å². The highest BCUT2D eigenvalue weighted by Crippen LogP contribution is 2.30. The zero-order valence-corrected chi connectivity index (χ0v) is 10.1. The van der Waals surface area contributed by atoms with E-state index in [0.29, 0.717) is 6.61 Å². The van der Waals surface area contributed by atoms with Gasteiger partial charge in [-0.25, -0.2) is 0 Å². The predicted molar refractivity (Wildman–Crippen MR) is 62.1 cm³/mol. The van der Waals surface area contributed by atoms with Crippen molar-refractivity contribution in [2.24, 2.45) is 5.92 Å². The standard InChI is InChI=1S/C12H21ClO2/c13-9-5-3-1-2-4-6-10-15-12(14)11-7-8-11/h11H,1-10H2. The molecule has 0 heterocycles. The van der Waals surface area contributed by atoms with E-state index in [1.54, 1.807) is 0 Å². The second-order valence-electron chi connectivity index (χ2n) is 4.25. The van der Waals surface area contributed by atoms with E-state index in [1.165, 1.54) is 25.7 Å². The number of hydrogen-bond donors (Lipinski definition) is 0. The van der Waals surface area contributed by atoms with Crippen LogP contribution in [0.1, 0.15) is 51.4 Å². The van der Waals surface area contributed by atoms with Gasteiger partial charge in [-0.2, -0.15) is 0 Å². The monoisotopic (exact) mass is 232 g/mol. The Morgan fingerprint density at radius 1 is 1.07 bits per heavy atom. The van der Waals surface area contributed by atoms with Gasteiger partial charge in [0.25, 0.3) is 0 Å². The first-order valence-corrected chi connectivity index (χ1v) is 6.60. The summed E-state index contributed by atoms with van der Waals surface area (Å²) in [7, 11) is 0. The minimum absolute atomic E-state index is 0.0251. The number of halogens is 1. The summed E-state index contributed by atoms with van der Waals surface area (Å²) in [6.07, 6.45) is 9.10. The number of unbranched alkanes of at least 4 members (excludes halogenated alkanes) is 5. The summed E-state index contributed by atoms with van der Waals surface area (Å²) in [5, 5.41) is 0. The topological polar surface area (TPSA) is 26.3 Å². The molecule has 0 unspecified atom stereocenters. The van der Waals surface area contributed by atoms with Crippen LogP contribution in [0.3, 0.4) is 0 Å². The molecule has 3 heteroatoms. The molecule has 0 aromatic rings. The molecule has 0 aromatic heterocycles. The van der Waals surface area contributed by atoms with Crippen LogP contribution in [0.2, 0.25) is 0 Å². The fourth-order valence-corrected chi connectivity index (χ4v) is 1.70. The van der Waals surface area contributed by atoms with Crippen LogP contribution >= 0.6 is 11.6 Å². The lowest BCUT2D eigenvalue weighted by atomic mass is 10.1. The van der Waals surface area contributed by atoms with Gasteiger partial charge in [0, 0.05) is 5.88 Å². The molecular formula is C12H21ClO2. The zero-order chi connectivity index (χ0) is 10.9. The van der Waals surface area contributed by atoms with E-state index in [4.69, 9.17) is 16.3 Å². The van der Waals surface area contributed by atoms with E-state index < -0.39 is 0 Å². The maximum absolute atomic E-state index is 11.1. The Morgan fingerprint density at radius 2 is 1.67 bits per heavy atom. The number of rotatable bonds is 9. The smallest absolute Gasteiger partial charge is 0.308 e. The molecule has 0 saturated heterocycles. The molecule has 1 fully saturated rings. The first-order valence-electron chi connectivity index (χ1n) is 6.07. The average Bonchev–Trinajstić information content (AvgIpc) is 3.05. The first-order chi connectivity index (χ1) is 7.34. The Bertz CT molecular complexity index is 178. The number of ether oxygens (including phenoxy) is 1. The lowest BCUT2D eigenvalue weighted by Gasteiger charge is -2.03. The Kier molecular flexibility index (Phi) is 6.82. The molecule has 0 aromatic carbocycles. The molecule has 1 rings (SSSR count). The maximum Gasteiger partial charge on any atom is 0.308 e. The van der Waals surface area contributed by atoms with E-state index in [0.717, 1.165) is 31.6 Å². The molecule has 0 spiro atoms. The number of hydrogen-bond acceptors (Lipinski definition) is 2. The number of carbonyl (C=O) groups is 1. The van der Waals surface area contributed by atoms with Crippen LogP contribution in [0, 0.1) is 5.92 Å². The van der Waals surface area contributed by atoms with Crippen molar-refractivity contribution in [3.8, 4) is 0 Å². The number of esters is 1. The van der Waals surface area contributed by atoms with Crippen molar-refractivity contribution >= 4 is 17.6 Å². The van der Waals surface area contributed by atoms with E-state index >= 15 is 0 Å². The minimum Gasteiger partial charge on any atom is -0.465 e. The highest BCUT2D eigenvalue weighted by molar-refractivity contribution is 6.17. The van der Waals surface area contributed by atoms with Crippen molar-refractivity contribution in [1.82, 2.24) is 0 Å². The van der Waals surface area contributed by atoms with Crippen LogP contribution in [0.25, 0.3) is 0 Å². The fourth-order valence-electron chi connectivity index (χ4n) is 1.51. The fraction of sp³-hybridized carbons (Fsp3) is 0.917. The second kappa shape index (κ2) is 7.98. The molecule has 1 aliphatic rings. The lowest BCUT2D eigenvalue weighted by Crippen LogP contribution is -2.07. The molecule has 0 atom stereocenters. The van der Waals surface area contributed by atoms with Gasteiger partial charge >= 0.3 is 5.97 Å². The summed E-state index contributed by atoms with van der Waals surface area (Å²) in [5.41, 5.74) is 0. The van der Waals surface area contributed by atoms with Gasteiger partial charge in [-0.3, -0.25) is 4.79 Å². The number of alkyl halides is 1. The van der Waals surface area contributed by atoms with Gasteiger partial charge in [0.05, 0.1) is 12.5 Å². The highest BCUT2D eigenvalue weighted by atomic mass is 35.5. The predicted octanol–water partition coefficient (Wildman–Crippen LogP) is 3.52. The largest absolute Gasteiger partial charge is 0.465 e. The van der Waals surface area contributed by atoms with Gasteiger partial charge in [-0.15, -0.1) is 11.6 Å². The summed E-state index contributed by atoms with van der Waals surface area (Å²) in [6, 6.07) is 0. The molecule has 88 valence electrons. The van der Waals surface area contributed by atoms with Crippen molar-refractivity contribution in [2.45, 2.75) is 51.4 Å². The normalized spacial score (nSPS) is 15.3. The van der Waals surface area contributed by atoms with Crippen LogP contribution < -0.4 is 0 Å². The van der Waals surface area contributed by atoms with Crippen LogP contribution in [-0.4, -0.2) is 18.5 Å². The van der Waals surface area contributed by atoms with Gasteiger partial charge in [-0.05, 0) is 25.7 Å². The van der Waals surface area contributed by atoms with Crippen molar-refractivity contribution in [3.63, 3.8) is 0 Å². The van der Waals surface area contributed by atoms with E-state index in [9.17, 15) is 4.79 Å². The Morgan fingerprint density at radius 3 is 2.27 bits per heavy atom. The second-order valence-corrected chi connectivity index (χ2v) is 4.63.